The van der Waals surface area contributed by atoms with Gasteiger partial charge in [-0.1, -0.05) is 26.7 Å². The average molecular weight is 258 g/mol. The van der Waals surface area contributed by atoms with Crippen LogP contribution in [-0.4, -0.2) is 25.2 Å². The Bertz CT molecular complexity index is 224. The van der Waals surface area contributed by atoms with Crippen molar-refractivity contribution in [1.82, 2.24) is 0 Å². The molecule has 0 aliphatic rings. The van der Waals surface area contributed by atoms with Crippen LogP contribution in [-0.2, 0) is 19.1 Å². The van der Waals surface area contributed by atoms with Crippen molar-refractivity contribution >= 4 is 11.9 Å². The average Bonchev–Trinajstić information content (AvgIpc) is 2.34. The lowest BCUT2D eigenvalue weighted by atomic mass is 9.85. The Morgan fingerprint density at radius 1 is 0.778 bits per heavy atom. The number of rotatable bonds is 9. The molecule has 0 rings (SSSR count). The standard InChI is InChI=1S/C14H26O4/c1-5-9-11(13(15)17-7-3)12(10-6-2)14(16)18-8-4/h11-12H,5-10H2,1-4H3. The van der Waals surface area contributed by atoms with Gasteiger partial charge in [-0.25, -0.2) is 0 Å². The minimum Gasteiger partial charge on any atom is -0.466 e. The molecule has 0 aromatic rings. The van der Waals surface area contributed by atoms with E-state index in [0.29, 0.717) is 26.1 Å². The highest BCUT2D eigenvalue weighted by Gasteiger charge is 2.34. The molecule has 0 aliphatic carbocycles. The first kappa shape index (κ1) is 16.9. The first-order chi connectivity index (χ1) is 8.62. The van der Waals surface area contributed by atoms with E-state index >= 15 is 0 Å². The first-order valence-corrected chi connectivity index (χ1v) is 6.95. The third-order valence-electron chi connectivity index (χ3n) is 2.86. The third-order valence-corrected chi connectivity index (χ3v) is 2.86. The Labute approximate surface area is 110 Å². The van der Waals surface area contributed by atoms with Gasteiger partial charge in [0.15, 0.2) is 0 Å². The molecule has 0 aliphatic heterocycles. The van der Waals surface area contributed by atoms with Gasteiger partial charge >= 0.3 is 11.9 Å². The maximum atomic E-state index is 11.9. The summed E-state index contributed by atoms with van der Waals surface area (Å²) in [5, 5.41) is 0. The highest BCUT2D eigenvalue weighted by atomic mass is 16.5. The van der Waals surface area contributed by atoms with Crippen molar-refractivity contribution in [2.75, 3.05) is 13.2 Å². The van der Waals surface area contributed by atoms with Crippen molar-refractivity contribution in [2.24, 2.45) is 11.8 Å². The van der Waals surface area contributed by atoms with Crippen molar-refractivity contribution in [3.8, 4) is 0 Å². The van der Waals surface area contributed by atoms with Crippen LogP contribution in [0.25, 0.3) is 0 Å². The highest BCUT2D eigenvalue weighted by Crippen LogP contribution is 2.25. The predicted molar refractivity (Wildman–Crippen MR) is 70.1 cm³/mol. The molecule has 2 unspecified atom stereocenters. The number of carbonyl (C=O) groups excluding carboxylic acids is 2. The summed E-state index contributed by atoms with van der Waals surface area (Å²) >= 11 is 0. The summed E-state index contributed by atoms with van der Waals surface area (Å²) in [4.78, 5) is 23.9. The van der Waals surface area contributed by atoms with Crippen molar-refractivity contribution in [3.63, 3.8) is 0 Å². The number of carbonyl (C=O) groups is 2. The van der Waals surface area contributed by atoms with Crippen LogP contribution in [0.4, 0.5) is 0 Å². The van der Waals surface area contributed by atoms with E-state index in [4.69, 9.17) is 9.47 Å². The van der Waals surface area contributed by atoms with Gasteiger partial charge in [0, 0.05) is 0 Å². The van der Waals surface area contributed by atoms with Crippen LogP contribution in [0.1, 0.15) is 53.4 Å². The van der Waals surface area contributed by atoms with Gasteiger partial charge in [0.1, 0.15) is 0 Å². The molecule has 0 heterocycles. The van der Waals surface area contributed by atoms with Gasteiger partial charge in [-0.05, 0) is 26.7 Å². The largest absolute Gasteiger partial charge is 0.466 e. The molecule has 0 amide bonds. The minimum absolute atomic E-state index is 0.272. The van der Waals surface area contributed by atoms with E-state index in [0.717, 1.165) is 12.8 Å². The van der Waals surface area contributed by atoms with Crippen molar-refractivity contribution < 1.29 is 19.1 Å². The monoisotopic (exact) mass is 258 g/mol. The van der Waals surface area contributed by atoms with E-state index in [9.17, 15) is 9.59 Å². The van der Waals surface area contributed by atoms with Gasteiger partial charge in [0.25, 0.3) is 0 Å². The Morgan fingerprint density at radius 2 is 1.11 bits per heavy atom. The number of hydrogen-bond acceptors (Lipinski definition) is 4. The number of hydrogen-bond donors (Lipinski definition) is 0. The maximum absolute atomic E-state index is 11.9. The van der Waals surface area contributed by atoms with Crippen molar-refractivity contribution in [1.29, 1.82) is 0 Å². The van der Waals surface area contributed by atoms with E-state index in [1.165, 1.54) is 0 Å². The minimum atomic E-state index is -0.367. The molecule has 18 heavy (non-hydrogen) atoms. The van der Waals surface area contributed by atoms with Crippen LogP contribution < -0.4 is 0 Å². The van der Waals surface area contributed by atoms with Crippen LogP contribution >= 0.6 is 0 Å². The van der Waals surface area contributed by atoms with Crippen LogP contribution in [0.15, 0.2) is 0 Å². The van der Waals surface area contributed by atoms with Crippen LogP contribution in [0.5, 0.6) is 0 Å². The molecule has 0 N–H and O–H groups in total. The molecule has 106 valence electrons. The fourth-order valence-electron chi connectivity index (χ4n) is 2.09. The lowest BCUT2D eigenvalue weighted by Gasteiger charge is -2.23. The molecule has 0 radical (unpaired) electrons. The quantitative estimate of drug-likeness (QED) is 0.597. The van der Waals surface area contributed by atoms with Gasteiger partial charge in [-0.3, -0.25) is 9.59 Å². The van der Waals surface area contributed by atoms with Gasteiger partial charge in [-0.2, -0.15) is 0 Å². The van der Waals surface area contributed by atoms with Gasteiger partial charge < -0.3 is 9.47 Å². The second-order valence-corrected chi connectivity index (χ2v) is 4.29. The summed E-state index contributed by atoms with van der Waals surface area (Å²) in [5.41, 5.74) is 0. The Kier molecular flexibility index (Phi) is 9.33. The van der Waals surface area contributed by atoms with Crippen LogP contribution in [0, 0.1) is 11.8 Å². The Hall–Kier alpha value is -1.06. The molecule has 4 nitrogen and oxygen atoms in total. The molecule has 0 bridgehead atoms. The molecule has 0 saturated carbocycles. The highest BCUT2D eigenvalue weighted by molar-refractivity contribution is 5.82. The van der Waals surface area contributed by atoms with Crippen molar-refractivity contribution in [2.45, 2.75) is 53.4 Å². The topological polar surface area (TPSA) is 52.6 Å². The van der Waals surface area contributed by atoms with E-state index in [2.05, 4.69) is 0 Å². The zero-order chi connectivity index (χ0) is 14.0. The van der Waals surface area contributed by atoms with E-state index in [-0.39, 0.29) is 23.8 Å². The smallest absolute Gasteiger partial charge is 0.309 e. The van der Waals surface area contributed by atoms with E-state index < -0.39 is 0 Å². The van der Waals surface area contributed by atoms with E-state index in [1.54, 1.807) is 13.8 Å². The van der Waals surface area contributed by atoms with Gasteiger partial charge in [0.05, 0.1) is 25.0 Å². The molecule has 0 aromatic carbocycles. The molecular weight excluding hydrogens is 232 g/mol. The summed E-state index contributed by atoms with van der Waals surface area (Å²) in [6.07, 6.45) is 3.04. The molecular formula is C14H26O4. The van der Waals surface area contributed by atoms with E-state index in [1.807, 2.05) is 13.8 Å². The summed E-state index contributed by atoms with van der Waals surface area (Å²) in [7, 11) is 0. The van der Waals surface area contributed by atoms with Gasteiger partial charge in [0.2, 0.25) is 0 Å². The molecule has 2 atom stereocenters. The second-order valence-electron chi connectivity index (χ2n) is 4.29. The zero-order valence-corrected chi connectivity index (χ0v) is 12.0. The summed E-state index contributed by atoms with van der Waals surface area (Å²) in [6, 6.07) is 0. The SMILES string of the molecule is CCCC(C(=O)OCC)C(CCC)C(=O)OCC. The Balaban J connectivity index is 4.84. The summed E-state index contributed by atoms with van der Waals surface area (Å²) in [6.45, 7) is 8.25. The molecule has 4 heteroatoms. The van der Waals surface area contributed by atoms with Crippen LogP contribution in [0.2, 0.25) is 0 Å². The van der Waals surface area contributed by atoms with Crippen LogP contribution in [0.3, 0.4) is 0 Å². The molecule has 0 spiro atoms. The zero-order valence-electron chi connectivity index (χ0n) is 12.0. The summed E-state index contributed by atoms with van der Waals surface area (Å²) in [5.74, 6) is -1.28. The fourth-order valence-corrected chi connectivity index (χ4v) is 2.09. The first-order valence-electron chi connectivity index (χ1n) is 6.95. The second kappa shape index (κ2) is 9.92. The molecule has 0 saturated heterocycles. The number of ether oxygens (including phenoxy) is 2. The maximum Gasteiger partial charge on any atom is 0.309 e. The third kappa shape index (κ3) is 5.52. The van der Waals surface area contributed by atoms with Gasteiger partial charge in [-0.15, -0.1) is 0 Å². The van der Waals surface area contributed by atoms with Crippen molar-refractivity contribution in [3.05, 3.63) is 0 Å². The summed E-state index contributed by atoms with van der Waals surface area (Å²) < 4.78 is 10.1. The normalized spacial score (nSPS) is 13.8. The Morgan fingerprint density at radius 3 is 1.33 bits per heavy atom. The molecule has 0 aromatic heterocycles. The predicted octanol–water partition coefficient (Wildman–Crippen LogP) is 2.95. The lowest BCUT2D eigenvalue weighted by Crippen LogP contribution is -2.32. The fraction of sp³-hybridized carbons (Fsp3) is 0.857. The molecule has 0 fully saturated rings. The lowest BCUT2D eigenvalue weighted by molar-refractivity contribution is -0.161. The number of esters is 2.